The number of hydrogen-bond donors (Lipinski definition) is 2. The molecule has 0 aliphatic heterocycles. The molecule has 0 radical (unpaired) electrons. The molecule has 1 aromatic heterocycles. The highest BCUT2D eigenvalue weighted by Crippen LogP contribution is 2.33. The van der Waals surface area contributed by atoms with E-state index >= 15 is 0 Å². The van der Waals surface area contributed by atoms with Crippen LogP contribution in [0.3, 0.4) is 0 Å². The number of halogens is 1. The van der Waals surface area contributed by atoms with Gasteiger partial charge in [-0.15, -0.1) is 0 Å². The molecule has 2 N–H and O–H groups in total. The fourth-order valence-electron chi connectivity index (χ4n) is 2.42. The number of carbonyl (C=O) groups excluding carboxylic acids is 2. The van der Waals surface area contributed by atoms with E-state index in [4.69, 9.17) is 20.8 Å². The van der Waals surface area contributed by atoms with Crippen molar-refractivity contribution >= 4 is 35.2 Å². The van der Waals surface area contributed by atoms with E-state index in [2.05, 4.69) is 10.6 Å². The molecule has 148 valence electrons. The van der Waals surface area contributed by atoms with Gasteiger partial charge in [-0.2, -0.15) is 0 Å². The Morgan fingerprint density at radius 3 is 2.52 bits per heavy atom. The largest absolute Gasteiger partial charge is 0.465 e. The van der Waals surface area contributed by atoms with E-state index in [0.29, 0.717) is 28.0 Å². The van der Waals surface area contributed by atoms with Crippen molar-refractivity contribution < 1.29 is 18.7 Å². The van der Waals surface area contributed by atoms with Crippen molar-refractivity contribution in [2.24, 2.45) is 0 Å². The number of hydrogen-bond acceptors (Lipinski definition) is 4. The standard InChI is InChI=1S/C22H19ClN2O4/c23-17-7-1-3-9-19(17)29-20-10-4-2-8-18(20)25-22(27)13-14-24-21(26)12-11-16-6-5-15-28-16/h1-12,15H,13-14H2,(H,24,26)(H,25,27)/b12-11+. The number of benzene rings is 2. The minimum Gasteiger partial charge on any atom is -0.465 e. The molecule has 2 aromatic carbocycles. The SMILES string of the molecule is O=C(/C=C/c1ccco1)NCCC(=O)Nc1ccccc1Oc1ccccc1Cl. The molecule has 6 nitrogen and oxygen atoms in total. The number of para-hydroxylation sites is 3. The maximum atomic E-state index is 12.2. The molecule has 0 aliphatic rings. The van der Waals surface area contributed by atoms with Crippen LogP contribution >= 0.6 is 11.6 Å². The van der Waals surface area contributed by atoms with Crippen molar-refractivity contribution in [1.29, 1.82) is 0 Å². The molecular weight excluding hydrogens is 392 g/mol. The smallest absolute Gasteiger partial charge is 0.244 e. The van der Waals surface area contributed by atoms with Gasteiger partial charge in [-0.3, -0.25) is 9.59 Å². The predicted molar refractivity (Wildman–Crippen MR) is 112 cm³/mol. The molecule has 0 atom stereocenters. The molecule has 29 heavy (non-hydrogen) atoms. The summed E-state index contributed by atoms with van der Waals surface area (Å²) in [6.45, 7) is 0.195. The van der Waals surface area contributed by atoms with Crippen LogP contribution in [0.15, 0.2) is 77.4 Å². The summed E-state index contributed by atoms with van der Waals surface area (Å²) < 4.78 is 10.9. The van der Waals surface area contributed by atoms with Crippen molar-refractivity contribution in [3.05, 3.63) is 83.8 Å². The quantitative estimate of drug-likeness (QED) is 0.518. The van der Waals surface area contributed by atoms with Crippen molar-refractivity contribution in [2.75, 3.05) is 11.9 Å². The first-order chi connectivity index (χ1) is 14.1. The Hall–Kier alpha value is -3.51. The number of amides is 2. The summed E-state index contributed by atoms with van der Waals surface area (Å²) in [4.78, 5) is 24.0. The molecule has 0 saturated carbocycles. The molecular formula is C22H19ClN2O4. The van der Waals surface area contributed by atoms with Gasteiger partial charge in [-0.25, -0.2) is 0 Å². The molecule has 7 heteroatoms. The Bertz CT molecular complexity index is 1000. The molecule has 0 fully saturated rings. The Kier molecular flexibility index (Phi) is 7.08. The lowest BCUT2D eigenvalue weighted by Gasteiger charge is -2.13. The zero-order valence-electron chi connectivity index (χ0n) is 15.4. The van der Waals surface area contributed by atoms with Crippen LogP contribution < -0.4 is 15.4 Å². The fourth-order valence-corrected chi connectivity index (χ4v) is 2.59. The molecule has 3 rings (SSSR count). The zero-order chi connectivity index (χ0) is 20.5. The number of carbonyl (C=O) groups is 2. The van der Waals surface area contributed by atoms with E-state index < -0.39 is 0 Å². The minimum atomic E-state index is -0.309. The van der Waals surface area contributed by atoms with E-state index in [-0.39, 0.29) is 24.8 Å². The summed E-state index contributed by atoms with van der Waals surface area (Å²) in [6.07, 6.45) is 4.54. The summed E-state index contributed by atoms with van der Waals surface area (Å²) in [7, 11) is 0. The van der Waals surface area contributed by atoms with E-state index in [9.17, 15) is 9.59 Å². The lowest BCUT2D eigenvalue weighted by Crippen LogP contribution is -2.26. The molecule has 0 saturated heterocycles. The summed E-state index contributed by atoms with van der Waals surface area (Å²) >= 11 is 6.12. The Morgan fingerprint density at radius 2 is 1.76 bits per heavy atom. The number of anilines is 1. The summed E-state index contributed by atoms with van der Waals surface area (Å²) in [6, 6.07) is 17.6. The number of rotatable bonds is 8. The third kappa shape index (κ3) is 6.26. The third-order valence-corrected chi connectivity index (χ3v) is 4.12. The highest BCUT2D eigenvalue weighted by atomic mass is 35.5. The van der Waals surface area contributed by atoms with Gasteiger partial charge in [0.05, 0.1) is 17.0 Å². The Morgan fingerprint density at radius 1 is 1.00 bits per heavy atom. The lowest BCUT2D eigenvalue weighted by atomic mass is 10.2. The van der Waals surface area contributed by atoms with Crippen molar-refractivity contribution in [3.8, 4) is 11.5 Å². The predicted octanol–water partition coefficient (Wildman–Crippen LogP) is 4.88. The van der Waals surface area contributed by atoms with E-state index in [1.807, 2.05) is 6.07 Å². The minimum absolute atomic E-state index is 0.112. The summed E-state index contributed by atoms with van der Waals surface area (Å²) in [5.74, 6) is 0.978. The Labute approximate surface area is 173 Å². The van der Waals surface area contributed by atoms with Crippen LogP contribution in [-0.4, -0.2) is 18.4 Å². The Balaban J connectivity index is 1.50. The third-order valence-electron chi connectivity index (χ3n) is 3.81. The average Bonchev–Trinajstić information content (AvgIpc) is 3.23. The van der Waals surface area contributed by atoms with Crippen LogP contribution in [-0.2, 0) is 9.59 Å². The first-order valence-electron chi connectivity index (χ1n) is 8.92. The van der Waals surface area contributed by atoms with Gasteiger partial charge in [-0.1, -0.05) is 35.9 Å². The average molecular weight is 411 g/mol. The molecule has 2 amide bonds. The van der Waals surface area contributed by atoms with Gasteiger partial charge in [0.1, 0.15) is 11.5 Å². The number of furan rings is 1. The first-order valence-corrected chi connectivity index (χ1v) is 9.30. The van der Waals surface area contributed by atoms with Crippen molar-refractivity contribution in [3.63, 3.8) is 0 Å². The maximum Gasteiger partial charge on any atom is 0.244 e. The monoisotopic (exact) mass is 410 g/mol. The van der Waals surface area contributed by atoms with Gasteiger partial charge in [0.25, 0.3) is 0 Å². The van der Waals surface area contributed by atoms with Gasteiger partial charge in [-0.05, 0) is 42.5 Å². The second-order valence-corrected chi connectivity index (χ2v) is 6.37. The van der Waals surface area contributed by atoms with E-state index in [1.165, 1.54) is 12.3 Å². The normalized spacial score (nSPS) is 10.7. The summed E-state index contributed by atoms with van der Waals surface area (Å²) in [5.41, 5.74) is 0.515. The van der Waals surface area contributed by atoms with Gasteiger partial charge >= 0.3 is 0 Å². The van der Waals surface area contributed by atoms with Crippen LogP contribution in [0.4, 0.5) is 5.69 Å². The molecule has 3 aromatic rings. The highest BCUT2D eigenvalue weighted by molar-refractivity contribution is 6.32. The first kappa shape index (κ1) is 20.2. The molecule has 0 bridgehead atoms. The van der Waals surface area contributed by atoms with Gasteiger partial charge in [0, 0.05) is 19.0 Å². The molecule has 0 spiro atoms. The molecule has 0 unspecified atom stereocenters. The lowest BCUT2D eigenvalue weighted by molar-refractivity contribution is -0.117. The highest BCUT2D eigenvalue weighted by Gasteiger charge is 2.10. The maximum absolute atomic E-state index is 12.2. The van der Waals surface area contributed by atoms with Crippen molar-refractivity contribution in [1.82, 2.24) is 5.32 Å². The van der Waals surface area contributed by atoms with Crippen LogP contribution in [0.2, 0.25) is 5.02 Å². The summed E-state index contributed by atoms with van der Waals surface area (Å²) in [5, 5.41) is 5.91. The number of nitrogens with one attached hydrogen (secondary N) is 2. The van der Waals surface area contributed by atoms with Crippen LogP contribution in [0.1, 0.15) is 12.2 Å². The van der Waals surface area contributed by atoms with Gasteiger partial charge in [0.2, 0.25) is 11.8 Å². The van der Waals surface area contributed by atoms with Crippen LogP contribution in [0, 0.1) is 0 Å². The second-order valence-electron chi connectivity index (χ2n) is 5.97. The van der Waals surface area contributed by atoms with E-state index in [1.54, 1.807) is 60.7 Å². The molecule has 0 aliphatic carbocycles. The van der Waals surface area contributed by atoms with Gasteiger partial charge in [0.15, 0.2) is 5.75 Å². The number of ether oxygens (including phenoxy) is 1. The van der Waals surface area contributed by atoms with E-state index in [0.717, 1.165) is 0 Å². The molecule has 1 heterocycles. The fraction of sp³-hybridized carbons (Fsp3) is 0.0909. The second kappa shape index (κ2) is 10.1. The van der Waals surface area contributed by atoms with Crippen LogP contribution in [0.25, 0.3) is 6.08 Å². The van der Waals surface area contributed by atoms with Gasteiger partial charge < -0.3 is 19.8 Å². The topological polar surface area (TPSA) is 80.6 Å². The van der Waals surface area contributed by atoms with Crippen molar-refractivity contribution in [2.45, 2.75) is 6.42 Å². The van der Waals surface area contributed by atoms with Crippen LogP contribution in [0.5, 0.6) is 11.5 Å². The zero-order valence-corrected chi connectivity index (χ0v) is 16.2.